The first-order valence-corrected chi connectivity index (χ1v) is 7.63. The Morgan fingerprint density at radius 2 is 2.36 bits per heavy atom. The molecule has 3 atom stereocenters. The van der Waals surface area contributed by atoms with Gasteiger partial charge in [0.25, 0.3) is 5.91 Å². The van der Waals surface area contributed by atoms with Gasteiger partial charge >= 0.3 is 0 Å². The smallest absolute Gasteiger partial charge is 0.270 e. The summed E-state index contributed by atoms with van der Waals surface area (Å²) < 4.78 is 1.75. The molecule has 0 saturated carbocycles. The van der Waals surface area contributed by atoms with Crippen molar-refractivity contribution in [3.05, 3.63) is 35.9 Å². The average Bonchev–Trinajstić information content (AvgIpc) is 3.09. The van der Waals surface area contributed by atoms with Crippen LogP contribution in [0.4, 0.5) is 0 Å². The molecule has 112 valence electrons. The van der Waals surface area contributed by atoms with Crippen molar-refractivity contribution in [3.63, 3.8) is 0 Å². The van der Waals surface area contributed by atoms with E-state index in [-0.39, 0.29) is 11.9 Å². The molecule has 0 radical (unpaired) electrons. The maximum Gasteiger partial charge on any atom is 0.270 e. The molecule has 2 aromatic heterocycles. The fourth-order valence-electron chi connectivity index (χ4n) is 3.65. The standard InChI is InChI=1S/C16H17N5O/c17-7-12-2-4-21-10-18-14(6-15(12)21)16(22)19-13-5-11-1-3-20(8-11)9-13/h2,4,6,10-11,13H,1,3,5,8-9H2,(H,19,22)/t11-,13+/m0/s1. The number of nitrogens with one attached hydrogen (secondary N) is 1. The lowest BCUT2D eigenvalue weighted by Crippen LogP contribution is -2.47. The Labute approximate surface area is 128 Å². The number of carbonyl (C=O) groups excluding carboxylic acids is 1. The highest BCUT2D eigenvalue weighted by Gasteiger charge is 2.33. The fraction of sp³-hybridized carbons (Fsp3) is 0.438. The van der Waals surface area contributed by atoms with Gasteiger partial charge in [-0.25, -0.2) is 4.98 Å². The van der Waals surface area contributed by atoms with Crippen molar-refractivity contribution < 1.29 is 4.79 Å². The van der Waals surface area contributed by atoms with Crippen LogP contribution in [0, 0.1) is 17.2 Å². The van der Waals surface area contributed by atoms with E-state index in [2.05, 4.69) is 21.3 Å². The van der Waals surface area contributed by atoms with Crippen LogP contribution < -0.4 is 5.32 Å². The van der Waals surface area contributed by atoms with E-state index in [0.29, 0.717) is 17.2 Å². The molecule has 2 aromatic rings. The molecule has 0 spiro atoms. The summed E-state index contributed by atoms with van der Waals surface area (Å²) in [4.78, 5) is 19.0. The molecule has 22 heavy (non-hydrogen) atoms. The van der Waals surface area contributed by atoms with Gasteiger partial charge in [0.15, 0.2) is 0 Å². The number of nitriles is 1. The molecule has 0 aliphatic carbocycles. The topological polar surface area (TPSA) is 73.4 Å². The maximum absolute atomic E-state index is 12.4. The van der Waals surface area contributed by atoms with E-state index in [1.807, 2.05) is 0 Å². The molecule has 2 aliphatic heterocycles. The highest BCUT2D eigenvalue weighted by Crippen LogP contribution is 2.26. The minimum atomic E-state index is -0.153. The number of carbonyl (C=O) groups is 1. The summed E-state index contributed by atoms with van der Waals surface area (Å²) >= 11 is 0. The number of hydrogen-bond donors (Lipinski definition) is 1. The Balaban J connectivity index is 1.54. The van der Waals surface area contributed by atoms with Crippen molar-refractivity contribution in [1.82, 2.24) is 19.6 Å². The van der Waals surface area contributed by atoms with E-state index in [1.165, 1.54) is 13.0 Å². The first kappa shape index (κ1) is 13.3. The molecular formula is C16H17N5O. The summed E-state index contributed by atoms with van der Waals surface area (Å²) in [7, 11) is 0. The third-order valence-electron chi connectivity index (χ3n) is 4.71. The van der Waals surface area contributed by atoms with Gasteiger partial charge in [-0.05, 0) is 37.4 Å². The number of hydrogen-bond acceptors (Lipinski definition) is 4. The second kappa shape index (κ2) is 5.11. The number of rotatable bonds is 2. The quantitative estimate of drug-likeness (QED) is 0.898. The van der Waals surface area contributed by atoms with Gasteiger partial charge in [0, 0.05) is 25.3 Å². The Bertz CT molecular complexity index is 762. The van der Waals surface area contributed by atoms with E-state index in [9.17, 15) is 4.79 Å². The van der Waals surface area contributed by atoms with Crippen LogP contribution in [0.1, 0.15) is 28.9 Å². The average molecular weight is 295 g/mol. The molecule has 1 unspecified atom stereocenters. The number of fused-ring (bicyclic) bond motifs is 3. The van der Waals surface area contributed by atoms with Crippen LogP contribution >= 0.6 is 0 Å². The molecule has 6 nitrogen and oxygen atoms in total. The van der Waals surface area contributed by atoms with Crippen LogP contribution in [-0.2, 0) is 0 Å². The second-order valence-corrected chi connectivity index (χ2v) is 6.23. The SMILES string of the molecule is N#Cc1ccn2cnc(C(=O)N[C@@H]3C[C@@H]4CCN(C4)C3)cc12. The first-order chi connectivity index (χ1) is 10.7. The Kier molecular flexibility index (Phi) is 3.09. The fourth-order valence-corrected chi connectivity index (χ4v) is 3.65. The largest absolute Gasteiger partial charge is 0.347 e. The minimum Gasteiger partial charge on any atom is -0.347 e. The Morgan fingerprint density at radius 1 is 1.45 bits per heavy atom. The van der Waals surface area contributed by atoms with Crippen molar-refractivity contribution in [3.8, 4) is 6.07 Å². The van der Waals surface area contributed by atoms with Gasteiger partial charge in [0.1, 0.15) is 18.1 Å². The van der Waals surface area contributed by atoms with Crippen LogP contribution in [0.5, 0.6) is 0 Å². The molecule has 2 aliphatic rings. The molecule has 4 heterocycles. The summed E-state index contributed by atoms with van der Waals surface area (Å²) in [6, 6.07) is 5.75. The van der Waals surface area contributed by atoms with Gasteiger partial charge in [0.2, 0.25) is 0 Å². The maximum atomic E-state index is 12.4. The molecule has 1 amide bonds. The van der Waals surface area contributed by atoms with Crippen molar-refractivity contribution in [2.45, 2.75) is 18.9 Å². The number of nitrogens with zero attached hydrogens (tertiary/aromatic N) is 4. The van der Waals surface area contributed by atoms with E-state index >= 15 is 0 Å². The van der Waals surface area contributed by atoms with Gasteiger partial charge in [-0.15, -0.1) is 0 Å². The van der Waals surface area contributed by atoms with E-state index < -0.39 is 0 Å². The number of aromatic nitrogens is 2. The normalized spacial score (nSPS) is 26.8. The molecule has 2 saturated heterocycles. The first-order valence-electron chi connectivity index (χ1n) is 7.63. The lowest BCUT2D eigenvalue weighted by atomic mass is 9.97. The Hall–Kier alpha value is -2.39. The van der Waals surface area contributed by atoms with Crippen LogP contribution in [0.3, 0.4) is 0 Å². The van der Waals surface area contributed by atoms with Crippen molar-refractivity contribution >= 4 is 11.4 Å². The molecule has 6 heteroatoms. The Morgan fingerprint density at radius 3 is 3.18 bits per heavy atom. The lowest BCUT2D eigenvalue weighted by molar-refractivity contribution is 0.0904. The van der Waals surface area contributed by atoms with Gasteiger partial charge < -0.3 is 14.6 Å². The number of piperidine rings is 1. The van der Waals surface area contributed by atoms with Crippen molar-refractivity contribution in [2.24, 2.45) is 5.92 Å². The third kappa shape index (κ3) is 2.24. The summed E-state index contributed by atoms with van der Waals surface area (Å²) in [5.41, 5.74) is 1.64. The zero-order chi connectivity index (χ0) is 15.1. The summed E-state index contributed by atoms with van der Waals surface area (Å²) in [5, 5.41) is 12.2. The van der Waals surface area contributed by atoms with Gasteiger partial charge in [-0.1, -0.05) is 0 Å². The molecule has 1 N–H and O–H groups in total. The van der Waals surface area contributed by atoms with Crippen LogP contribution in [-0.4, -0.2) is 45.9 Å². The zero-order valence-corrected chi connectivity index (χ0v) is 12.2. The number of amides is 1. The van der Waals surface area contributed by atoms with Crippen LogP contribution in [0.2, 0.25) is 0 Å². The summed E-state index contributed by atoms with van der Waals surface area (Å²) in [6.07, 6.45) is 5.65. The third-order valence-corrected chi connectivity index (χ3v) is 4.71. The highest BCUT2D eigenvalue weighted by molar-refractivity contribution is 5.93. The van der Waals surface area contributed by atoms with Gasteiger partial charge in [-0.3, -0.25) is 4.79 Å². The minimum absolute atomic E-state index is 0.153. The highest BCUT2D eigenvalue weighted by atomic mass is 16.1. The van der Waals surface area contributed by atoms with Gasteiger partial charge in [0.05, 0.1) is 11.1 Å². The second-order valence-electron chi connectivity index (χ2n) is 6.23. The zero-order valence-electron chi connectivity index (χ0n) is 12.2. The molecule has 4 rings (SSSR count). The monoisotopic (exact) mass is 295 g/mol. The van der Waals surface area contributed by atoms with E-state index in [1.54, 1.807) is 29.1 Å². The lowest BCUT2D eigenvalue weighted by Gasteiger charge is -2.30. The van der Waals surface area contributed by atoms with Crippen LogP contribution in [0.15, 0.2) is 24.7 Å². The van der Waals surface area contributed by atoms with Crippen molar-refractivity contribution in [1.29, 1.82) is 5.26 Å². The van der Waals surface area contributed by atoms with E-state index in [4.69, 9.17) is 5.26 Å². The summed E-state index contributed by atoms with van der Waals surface area (Å²) in [6.45, 7) is 3.25. The van der Waals surface area contributed by atoms with Crippen LogP contribution in [0.25, 0.3) is 5.52 Å². The van der Waals surface area contributed by atoms with E-state index in [0.717, 1.165) is 25.0 Å². The van der Waals surface area contributed by atoms with Crippen molar-refractivity contribution in [2.75, 3.05) is 19.6 Å². The molecule has 2 fully saturated rings. The predicted molar refractivity (Wildman–Crippen MR) is 80.3 cm³/mol. The molecule has 0 aromatic carbocycles. The molecule has 2 bridgehead atoms. The van der Waals surface area contributed by atoms with Gasteiger partial charge in [-0.2, -0.15) is 5.26 Å². The predicted octanol–water partition coefficient (Wildman–Crippen LogP) is 1.03. The summed E-state index contributed by atoms with van der Waals surface area (Å²) in [5.74, 6) is 0.561. The molecular weight excluding hydrogens is 278 g/mol.